The first kappa shape index (κ1) is 21.3. The lowest BCUT2D eigenvalue weighted by molar-refractivity contribution is 0.0487. The first-order chi connectivity index (χ1) is 14.4. The molecule has 1 amide bonds. The molecule has 2 heterocycles. The quantitative estimate of drug-likeness (QED) is 0.693. The van der Waals surface area contributed by atoms with Gasteiger partial charge in [0, 0.05) is 41.8 Å². The van der Waals surface area contributed by atoms with E-state index in [1.807, 2.05) is 12.1 Å². The zero-order chi connectivity index (χ0) is 21.2. The van der Waals surface area contributed by atoms with Crippen LogP contribution in [-0.4, -0.2) is 46.4 Å². The molecule has 30 heavy (non-hydrogen) atoms. The minimum atomic E-state index is -3.22. The van der Waals surface area contributed by atoms with Crippen LogP contribution in [0.4, 0.5) is 5.69 Å². The molecule has 2 aliphatic heterocycles. The van der Waals surface area contributed by atoms with Gasteiger partial charge in [-0.2, -0.15) is 0 Å². The summed E-state index contributed by atoms with van der Waals surface area (Å²) in [7, 11) is -3.22. The second kappa shape index (κ2) is 8.69. The molecule has 0 aliphatic carbocycles. The zero-order valence-corrected chi connectivity index (χ0v) is 19.0. The molecule has 6 nitrogen and oxygen atoms in total. The number of carbonyl (C=O) groups is 1. The summed E-state index contributed by atoms with van der Waals surface area (Å²) in [6.07, 6.45) is 2.32. The van der Waals surface area contributed by atoms with Gasteiger partial charge in [0.15, 0.2) is 0 Å². The lowest BCUT2D eigenvalue weighted by atomic mass is 9.74. The molecule has 0 saturated carbocycles. The molecule has 2 fully saturated rings. The summed E-state index contributed by atoms with van der Waals surface area (Å²) in [6, 6.07) is 15.0. The van der Waals surface area contributed by atoms with Crippen LogP contribution in [0.5, 0.6) is 0 Å². The summed E-state index contributed by atoms with van der Waals surface area (Å²) >= 11 is 3.55. The Bertz CT molecular complexity index is 1020. The Morgan fingerprint density at radius 3 is 2.50 bits per heavy atom. The van der Waals surface area contributed by atoms with Gasteiger partial charge in [0.05, 0.1) is 11.4 Å². The lowest BCUT2D eigenvalue weighted by Gasteiger charge is -2.38. The van der Waals surface area contributed by atoms with Crippen molar-refractivity contribution in [2.45, 2.75) is 24.7 Å². The van der Waals surface area contributed by atoms with Gasteiger partial charge >= 0.3 is 0 Å². The minimum Gasteiger partial charge on any atom is -0.381 e. The van der Waals surface area contributed by atoms with Crippen LogP contribution < -0.4 is 9.62 Å². The van der Waals surface area contributed by atoms with E-state index in [9.17, 15) is 13.2 Å². The van der Waals surface area contributed by atoms with Gasteiger partial charge in [-0.15, -0.1) is 0 Å². The standard InChI is InChI=1S/C22H25BrN2O4S/c23-19-4-1-3-18(15-19)22(9-12-29-13-10-22)16-24-21(26)17-5-7-20(8-6-17)25-11-2-14-30(25,27)28/h1,3-8,15H,2,9-14,16H2,(H,24,26). The monoisotopic (exact) mass is 492 g/mol. The van der Waals surface area contributed by atoms with E-state index in [1.165, 1.54) is 9.87 Å². The van der Waals surface area contributed by atoms with Crippen LogP contribution in [0.1, 0.15) is 35.2 Å². The predicted molar refractivity (Wildman–Crippen MR) is 120 cm³/mol. The van der Waals surface area contributed by atoms with Crippen molar-refractivity contribution in [3.63, 3.8) is 0 Å². The number of anilines is 1. The molecule has 1 N–H and O–H groups in total. The number of nitrogens with zero attached hydrogens (tertiary/aromatic N) is 1. The van der Waals surface area contributed by atoms with Gasteiger partial charge in [0.1, 0.15) is 0 Å². The fraction of sp³-hybridized carbons (Fsp3) is 0.409. The molecule has 2 aromatic rings. The minimum absolute atomic E-state index is 0.160. The third-order valence-corrected chi connectivity index (χ3v) is 8.35. The molecule has 0 radical (unpaired) electrons. The first-order valence-electron chi connectivity index (χ1n) is 10.1. The molecular formula is C22H25BrN2O4S. The maximum absolute atomic E-state index is 12.8. The number of benzene rings is 2. The van der Waals surface area contributed by atoms with Crippen molar-refractivity contribution in [3.05, 3.63) is 64.1 Å². The molecule has 0 spiro atoms. The van der Waals surface area contributed by atoms with Gasteiger partial charge in [-0.1, -0.05) is 28.1 Å². The largest absolute Gasteiger partial charge is 0.381 e. The van der Waals surface area contributed by atoms with Gasteiger partial charge in [0.2, 0.25) is 10.0 Å². The number of halogens is 1. The highest BCUT2D eigenvalue weighted by atomic mass is 79.9. The molecule has 4 rings (SSSR count). The molecule has 2 aromatic carbocycles. The van der Waals surface area contributed by atoms with Crippen molar-refractivity contribution in [1.29, 1.82) is 0 Å². The van der Waals surface area contributed by atoms with Gasteiger partial charge in [-0.05, 0) is 61.2 Å². The number of sulfonamides is 1. The summed E-state index contributed by atoms with van der Waals surface area (Å²) in [6.45, 7) is 2.35. The second-order valence-corrected chi connectivity index (χ2v) is 10.8. The topological polar surface area (TPSA) is 75.7 Å². The summed E-state index contributed by atoms with van der Waals surface area (Å²) in [4.78, 5) is 12.8. The number of amides is 1. The maximum atomic E-state index is 12.8. The van der Waals surface area contributed by atoms with Crippen LogP contribution in [0.2, 0.25) is 0 Å². The SMILES string of the molecule is O=C(NCC1(c2cccc(Br)c2)CCOCC1)c1ccc(N2CCCS2(=O)=O)cc1. The van der Waals surface area contributed by atoms with Crippen LogP contribution in [0.3, 0.4) is 0 Å². The highest BCUT2D eigenvalue weighted by Crippen LogP contribution is 2.35. The van der Waals surface area contributed by atoms with E-state index in [-0.39, 0.29) is 17.1 Å². The van der Waals surface area contributed by atoms with Gasteiger partial charge in [0.25, 0.3) is 5.91 Å². The molecule has 160 valence electrons. The number of rotatable bonds is 5. The van der Waals surface area contributed by atoms with Crippen molar-refractivity contribution >= 4 is 37.5 Å². The Kier molecular flexibility index (Phi) is 6.18. The van der Waals surface area contributed by atoms with Crippen molar-refractivity contribution in [2.75, 3.05) is 36.4 Å². The average molecular weight is 493 g/mol. The van der Waals surface area contributed by atoms with Crippen LogP contribution >= 0.6 is 15.9 Å². The van der Waals surface area contributed by atoms with E-state index in [4.69, 9.17) is 4.74 Å². The number of ether oxygens (including phenoxy) is 1. The van der Waals surface area contributed by atoms with Crippen molar-refractivity contribution in [3.8, 4) is 0 Å². The van der Waals surface area contributed by atoms with Crippen LogP contribution in [0, 0.1) is 0 Å². The summed E-state index contributed by atoms with van der Waals surface area (Å²) in [5.41, 5.74) is 2.15. The van der Waals surface area contributed by atoms with E-state index in [0.717, 1.165) is 17.3 Å². The third-order valence-electron chi connectivity index (χ3n) is 5.99. The number of carbonyl (C=O) groups excluding carboxylic acids is 1. The summed E-state index contributed by atoms with van der Waals surface area (Å²) < 4.78 is 32.2. The average Bonchev–Trinajstić information content (AvgIpc) is 3.12. The van der Waals surface area contributed by atoms with Crippen molar-refractivity contribution < 1.29 is 17.9 Å². The van der Waals surface area contributed by atoms with Gasteiger partial charge in [-0.3, -0.25) is 9.10 Å². The number of hydrogen-bond donors (Lipinski definition) is 1. The van der Waals surface area contributed by atoms with E-state index in [2.05, 4.69) is 33.4 Å². The normalized spacial score (nSPS) is 20.1. The number of hydrogen-bond acceptors (Lipinski definition) is 4. The molecule has 2 aliphatic rings. The predicted octanol–water partition coefficient (Wildman–Crippen LogP) is 3.47. The van der Waals surface area contributed by atoms with Crippen molar-refractivity contribution in [2.24, 2.45) is 0 Å². The lowest BCUT2D eigenvalue weighted by Crippen LogP contribution is -2.44. The highest BCUT2D eigenvalue weighted by Gasteiger charge is 2.35. The van der Waals surface area contributed by atoms with E-state index < -0.39 is 10.0 Å². The molecule has 2 saturated heterocycles. The van der Waals surface area contributed by atoms with Crippen molar-refractivity contribution in [1.82, 2.24) is 5.32 Å². The van der Waals surface area contributed by atoms with Crippen LogP contribution in [-0.2, 0) is 20.2 Å². The summed E-state index contributed by atoms with van der Waals surface area (Å²) in [5.74, 6) is 0.0167. The smallest absolute Gasteiger partial charge is 0.251 e. The molecule has 0 bridgehead atoms. The molecule has 0 atom stereocenters. The first-order valence-corrected chi connectivity index (χ1v) is 12.5. The Balaban J connectivity index is 1.47. The highest BCUT2D eigenvalue weighted by molar-refractivity contribution is 9.10. The third kappa shape index (κ3) is 4.40. The molecule has 0 aromatic heterocycles. The maximum Gasteiger partial charge on any atom is 0.251 e. The fourth-order valence-electron chi connectivity index (χ4n) is 4.21. The Morgan fingerprint density at radius 1 is 1.13 bits per heavy atom. The fourth-order valence-corrected chi connectivity index (χ4v) is 6.17. The molecule has 8 heteroatoms. The van der Waals surface area contributed by atoms with Gasteiger partial charge < -0.3 is 10.1 Å². The van der Waals surface area contributed by atoms with E-state index >= 15 is 0 Å². The second-order valence-electron chi connectivity index (χ2n) is 7.87. The Hall–Kier alpha value is -1.90. The molecular weight excluding hydrogens is 468 g/mol. The number of nitrogens with one attached hydrogen (secondary N) is 1. The summed E-state index contributed by atoms with van der Waals surface area (Å²) in [5, 5.41) is 3.09. The van der Waals surface area contributed by atoms with E-state index in [0.29, 0.717) is 44.0 Å². The molecule has 0 unspecified atom stereocenters. The zero-order valence-electron chi connectivity index (χ0n) is 16.6. The van der Waals surface area contributed by atoms with Crippen LogP contribution in [0.25, 0.3) is 0 Å². The Morgan fingerprint density at radius 2 is 1.87 bits per heavy atom. The van der Waals surface area contributed by atoms with Gasteiger partial charge in [-0.25, -0.2) is 8.42 Å². The Labute approximate surface area is 185 Å². The van der Waals surface area contributed by atoms with Crippen LogP contribution in [0.15, 0.2) is 53.0 Å². The van der Waals surface area contributed by atoms with E-state index in [1.54, 1.807) is 24.3 Å².